The Kier molecular flexibility index (Phi) is 4.61. The first-order chi connectivity index (χ1) is 8.63. The van der Waals surface area contributed by atoms with E-state index in [2.05, 4.69) is 24.0 Å². The fourth-order valence-corrected chi connectivity index (χ4v) is 2.56. The van der Waals surface area contributed by atoms with Crippen LogP contribution in [0.1, 0.15) is 25.1 Å². The van der Waals surface area contributed by atoms with Gasteiger partial charge in [0, 0.05) is 19.6 Å². The zero-order valence-corrected chi connectivity index (χ0v) is 11.7. The second-order valence-corrected chi connectivity index (χ2v) is 5.21. The molecule has 1 saturated heterocycles. The van der Waals surface area contributed by atoms with Crippen molar-refractivity contribution in [1.29, 1.82) is 0 Å². The van der Waals surface area contributed by atoms with Crippen molar-refractivity contribution in [3.8, 4) is 0 Å². The van der Waals surface area contributed by atoms with Crippen molar-refractivity contribution in [2.45, 2.75) is 32.0 Å². The Balaban J connectivity index is 2.16. The van der Waals surface area contributed by atoms with Crippen molar-refractivity contribution in [3.05, 3.63) is 16.9 Å². The third-order valence-corrected chi connectivity index (χ3v) is 3.57. The largest absolute Gasteiger partial charge is 0.374 e. The maximum Gasteiger partial charge on any atom is 0.0910 e. The molecule has 2 unspecified atom stereocenters. The molecule has 1 aliphatic heterocycles. The van der Waals surface area contributed by atoms with Crippen LogP contribution in [0, 0.1) is 0 Å². The first-order valence-electron chi connectivity index (χ1n) is 6.40. The SMILES string of the molecule is CCCn1ncc(Cl)c1C(N)C1CN(C)CCO1. The van der Waals surface area contributed by atoms with Gasteiger partial charge in [-0.15, -0.1) is 0 Å². The third-order valence-electron chi connectivity index (χ3n) is 3.28. The summed E-state index contributed by atoms with van der Waals surface area (Å²) in [7, 11) is 2.08. The normalized spacial score (nSPS) is 23.2. The van der Waals surface area contributed by atoms with Crippen molar-refractivity contribution >= 4 is 11.6 Å². The Morgan fingerprint density at radius 1 is 1.67 bits per heavy atom. The van der Waals surface area contributed by atoms with Gasteiger partial charge in [0.25, 0.3) is 0 Å². The monoisotopic (exact) mass is 272 g/mol. The average Bonchev–Trinajstić information content (AvgIpc) is 2.70. The van der Waals surface area contributed by atoms with Crippen LogP contribution in [-0.4, -0.2) is 47.5 Å². The van der Waals surface area contributed by atoms with Crippen molar-refractivity contribution in [1.82, 2.24) is 14.7 Å². The predicted molar refractivity (Wildman–Crippen MR) is 71.7 cm³/mol. The lowest BCUT2D eigenvalue weighted by Crippen LogP contribution is -2.45. The van der Waals surface area contributed by atoms with E-state index in [1.54, 1.807) is 6.20 Å². The van der Waals surface area contributed by atoms with Crippen LogP contribution in [0.2, 0.25) is 5.02 Å². The molecule has 1 fully saturated rings. The van der Waals surface area contributed by atoms with Crippen molar-refractivity contribution in [2.24, 2.45) is 5.73 Å². The summed E-state index contributed by atoms with van der Waals surface area (Å²) in [5.41, 5.74) is 7.20. The molecule has 1 aromatic rings. The molecule has 0 saturated carbocycles. The quantitative estimate of drug-likeness (QED) is 0.897. The minimum absolute atomic E-state index is 0.0199. The second kappa shape index (κ2) is 6.02. The van der Waals surface area contributed by atoms with Crippen LogP contribution >= 0.6 is 11.6 Å². The molecule has 6 heteroatoms. The molecule has 0 aliphatic carbocycles. The number of rotatable bonds is 4. The smallest absolute Gasteiger partial charge is 0.0910 e. The van der Waals surface area contributed by atoms with E-state index in [0.717, 1.165) is 31.7 Å². The molecule has 0 spiro atoms. The van der Waals surface area contributed by atoms with Gasteiger partial charge in [-0.2, -0.15) is 5.10 Å². The number of morpholine rings is 1. The minimum Gasteiger partial charge on any atom is -0.374 e. The number of aryl methyl sites for hydroxylation is 1. The highest BCUT2D eigenvalue weighted by atomic mass is 35.5. The van der Waals surface area contributed by atoms with Gasteiger partial charge in [-0.3, -0.25) is 4.68 Å². The average molecular weight is 273 g/mol. The van der Waals surface area contributed by atoms with Crippen LogP contribution in [-0.2, 0) is 11.3 Å². The summed E-state index contributed by atoms with van der Waals surface area (Å²) in [6.07, 6.45) is 2.65. The van der Waals surface area contributed by atoms with Gasteiger partial charge in [0.1, 0.15) is 0 Å². The van der Waals surface area contributed by atoms with E-state index in [4.69, 9.17) is 22.1 Å². The van der Waals surface area contributed by atoms with Crippen LogP contribution in [0.4, 0.5) is 0 Å². The van der Waals surface area contributed by atoms with Gasteiger partial charge in [-0.1, -0.05) is 18.5 Å². The fraction of sp³-hybridized carbons (Fsp3) is 0.750. The molecule has 1 aromatic heterocycles. The Hall–Kier alpha value is -0.620. The maximum absolute atomic E-state index is 6.31. The molecule has 0 bridgehead atoms. The Morgan fingerprint density at radius 3 is 3.11 bits per heavy atom. The molecule has 2 rings (SSSR count). The standard InChI is InChI=1S/C12H21ClN4O/c1-3-4-17-12(9(13)7-15-17)11(14)10-8-16(2)5-6-18-10/h7,10-11H,3-6,8,14H2,1-2H3. The second-order valence-electron chi connectivity index (χ2n) is 4.80. The van der Waals surface area contributed by atoms with Gasteiger partial charge < -0.3 is 15.4 Å². The molecule has 5 nitrogen and oxygen atoms in total. The van der Waals surface area contributed by atoms with E-state index >= 15 is 0 Å². The van der Waals surface area contributed by atoms with Crippen LogP contribution in [0.25, 0.3) is 0 Å². The van der Waals surface area contributed by atoms with E-state index in [1.807, 2.05) is 4.68 Å². The van der Waals surface area contributed by atoms with Gasteiger partial charge in [-0.05, 0) is 13.5 Å². The van der Waals surface area contributed by atoms with E-state index in [-0.39, 0.29) is 12.1 Å². The molecule has 2 N–H and O–H groups in total. The molecule has 0 radical (unpaired) electrons. The molecular formula is C12H21ClN4O. The summed E-state index contributed by atoms with van der Waals surface area (Å²) in [5, 5.41) is 4.91. The first kappa shape index (κ1) is 13.8. The number of nitrogens with two attached hydrogens (primary N) is 1. The highest BCUT2D eigenvalue weighted by Gasteiger charge is 2.29. The van der Waals surface area contributed by atoms with E-state index in [9.17, 15) is 0 Å². The number of hydrogen-bond acceptors (Lipinski definition) is 4. The van der Waals surface area contributed by atoms with E-state index < -0.39 is 0 Å². The lowest BCUT2D eigenvalue weighted by atomic mass is 10.1. The summed E-state index contributed by atoms with van der Waals surface area (Å²) in [6.45, 7) is 5.43. The summed E-state index contributed by atoms with van der Waals surface area (Å²) in [6, 6.07) is -0.228. The third kappa shape index (κ3) is 2.85. The maximum atomic E-state index is 6.31. The molecule has 1 aliphatic rings. The molecule has 2 atom stereocenters. The van der Waals surface area contributed by atoms with E-state index in [1.165, 1.54) is 0 Å². The van der Waals surface area contributed by atoms with Crippen molar-refractivity contribution in [2.75, 3.05) is 26.7 Å². The number of ether oxygens (including phenoxy) is 1. The van der Waals surface area contributed by atoms with Crippen LogP contribution in [0.15, 0.2) is 6.20 Å². The molecule has 102 valence electrons. The zero-order chi connectivity index (χ0) is 13.1. The number of halogens is 1. The summed E-state index contributed by atoms with van der Waals surface area (Å²) >= 11 is 6.20. The van der Waals surface area contributed by atoms with Gasteiger partial charge in [0.2, 0.25) is 0 Å². The van der Waals surface area contributed by atoms with Crippen molar-refractivity contribution < 1.29 is 4.74 Å². The molecule has 2 heterocycles. The number of nitrogens with zero attached hydrogens (tertiary/aromatic N) is 3. The molecular weight excluding hydrogens is 252 g/mol. The molecule has 0 amide bonds. The summed E-state index contributed by atoms with van der Waals surface area (Å²) < 4.78 is 7.65. The highest BCUT2D eigenvalue weighted by Crippen LogP contribution is 2.26. The Bertz CT molecular complexity index is 395. The highest BCUT2D eigenvalue weighted by molar-refractivity contribution is 6.31. The Labute approximate surface area is 113 Å². The van der Waals surface area contributed by atoms with Crippen LogP contribution in [0.3, 0.4) is 0 Å². The summed E-state index contributed by atoms with van der Waals surface area (Å²) in [5.74, 6) is 0. The van der Waals surface area contributed by atoms with Gasteiger partial charge >= 0.3 is 0 Å². The zero-order valence-electron chi connectivity index (χ0n) is 11.0. The lowest BCUT2D eigenvalue weighted by molar-refractivity contribution is -0.0338. The number of hydrogen-bond donors (Lipinski definition) is 1. The van der Waals surface area contributed by atoms with Gasteiger partial charge in [0.05, 0.1) is 35.7 Å². The fourth-order valence-electron chi connectivity index (χ4n) is 2.30. The Morgan fingerprint density at radius 2 is 2.44 bits per heavy atom. The lowest BCUT2D eigenvalue weighted by Gasteiger charge is -2.33. The molecule has 0 aromatic carbocycles. The predicted octanol–water partition coefficient (Wildman–Crippen LogP) is 1.28. The summed E-state index contributed by atoms with van der Waals surface area (Å²) in [4.78, 5) is 2.22. The number of likely N-dealkylation sites (N-methyl/N-ethyl adjacent to an activating group) is 1. The molecule has 18 heavy (non-hydrogen) atoms. The first-order valence-corrected chi connectivity index (χ1v) is 6.78. The van der Waals surface area contributed by atoms with Crippen LogP contribution < -0.4 is 5.73 Å². The number of aromatic nitrogens is 2. The topological polar surface area (TPSA) is 56.3 Å². The van der Waals surface area contributed by atoms with Crippen molar-refractivity contribution in [3.63, 3.8) is 0 Å². The van der Waals surface area contributed by atoms with E-state index in [0.29, 0.717) is 11.6 Å². The van der Waals surface area contributed by atoms with Crippen LogP contribution in [0.5, 0.6) is 0 Å². The minimum atomic E-state index is -0.228. The van der Waals surface area contributed by atoms with Gasteiger partial charge in [-0.25, -0.2) is 0 Å². The van der Waals surface area contributed by atoms with Gasteiger partial charge in [0.15, 0.2) is 0 Å².